The van der Waals surface area contributed by atoms with E-state index in [1.54, 1.807) is 0 Å². The van der Waals surface area contributed by atoms with E-state index < -0.39 is 5.92 Å². The van der Waals surface area contributed by atoms with Crippen molar-refractivity contribution < 1.29 is 14.4 Å². The van der Waals surface area contributed by atoms with Crippen LogP contribution in [0.1, 0.15) is 33.1 Å². The predicted molar refractivity (Wildman–Crippen MR) is 62.6 cm³/mol. The van der Waals surface area contributed by atoms with Crippen LogP contribution in [0.3, 0.4) is 0 Å². The molecule has 0 aromatic carbocycles. The fraction of sp³-hybridized carbons (Fsp3) is 0.769. The topological polar surface area (TPSA) is 54.5 Å². The molecule has 3 aliphatic heterocycles. The Balaban J connectivity index is 2.09. The first kappa shape index (κ1) is 12.4. The largest absolute Gasteiger partial charge is 0.299 e. The number of rotatable bonds is 4. The van der Waals surface area contributed by atoms with Gasteiger partial charge in [0.15, 0.2) is 5.78 Å². The van der Waals surface area contributed by atoms with Crippen LogP contribution in [0.15, 0.2) is 0 Å². The Morgan fingerprint density at radius 1 is 1.24 bits per heavy atom. The summed E-state index contributed by atoms with van der Waals surface area (Å²) in [4.78, 5) is 37.1. The van der Waals surface area contributed by atoms with Crippen molar-refractivity contribution in [3.63, 3.8) is 0 Å². The Bertz CT molecular complexity index is 342. The highest BCUT2D eigenvalue weighted by molar-refractivity contribution is 6.01. The average molecular weight is 237 g/mol. The lowest BCUT2D eigenvalue weighted by molar-refractivity contribution is -0.139. The monoisotopic (exact) mass is 237 g/mol. The van der Waals surface area contributed by atoms with Crippen LogP contribution < -0.4 is 0 Å². The molecule has 0 aromatic rings. The molecule has 0 aliphatic carbocycles. The summed E-state index contributed by atoms with van der Waals surface area (Å²) in [6, 6.07) is -0.194. The van der Waals surface area contributed by atoms with Crippen molar-refractivity contribution in [1.29, 1.82) is 0 Å². The standard InChI is InChI=1S/C13H19NO3/c1-8(15)11(9(2)16)7-12-13(17)10-3-5-14(12)6-4-10/h10-12H,3-7H2,1-2H3. The number of nitrogens with zero attached hydrogens (tertiary/aromatic N) is 1. The molecule has 0 amide bonds. The highest BCUT2D eigenvalue weighted by atomic mass is 16.2. The summed E-state index contributed by atoms with van der Waals surface area (Å²) in [5.74, 6) is -0.413. The first-order valence-electron chi connectivity index (χ1n) is 6.29. The maximum absolute atomic E-state index is 12.1. The van der Waals surface area contributed by atoms with Gasteiger partial charge in [-0.15, -0.1) is 0 Å². The second-order valence-electron chi connectivity index (χ2n) is 5.24. The summed E-state index contributed by atoms with van der Waals surface area (Å²) in [6.07, 6.45) is 2.28. The third-order valence-electron chi connectivity index (χ3n) is 4.14. The van der Waals surface area contributed by atoms with E-state index in [0.717, 1.165) is 25.9 Å². The molecule has 2 bridgehead atoms. The van der Waals surface area contributed by atoms with Gasteiger partial charge < -0.3 is 0 Å². The summed E-state index contributed by atoms with van der Waals surface area (Å²) in [5.41, 5.74) is 0. The van der Waals surface area contributed by atoms with Crippen molar-refractivity contribution in [1.82, 2.24) is 4.90 Å². The molecule has 3 aliphatic rings. The fourth-order valence-electron chi connectivity index (χ4n) is 3.05. The summed E-state index contributed by atoms with van der Waals surface area (Å²) in [7, 11) is 0. The molecule has 4 nitrogen and oxygen atoms in total. The third kappa shape index (κ3) is 2.32. The van der Waals surface area contributed by atoms with Gasteiger partial charge in [-0.25, -0.2) is 0 Å². The van der Waals surface area contributed by atoms with Crippen LogP contribution in [0.2, 0.25) is 0 Å². The van der Waals surface area contributed by atoms with Crippen molar-refractivity contribution >= 4 is 17.3 Å². The molecule has 3 fully saturated rings. The van der Waals surface area contributed by atoms with E-state index in [1.807, 2.05) is 0 Å². The van der Waals surface area contributed by atoms with Crippen LogP contribution in [0.25, 0.3) is 0 Å². The minimum absolute atomic E-state index is 0.118. The Labute approximate surface area is 101 Å². The molecule has 1 unspecified atom stereocenters. The zero-order valence-corrected chi connectivity index (χ0v) is 10.4. The van der Waals surface area contributed by atoms with Gasteiger partial charge in [-0.3, -0.25) is 19.3 Å². The zero-order valence-electron chi connectivity index (χ0n) is 10.4. The molecule has 1 atom stereocenters. The summed E-state index contributed by atoms with van der Waals surface area (Å²) in [5, 5.41) is 0. The van der Waals surface area contributed by atoms with Gasteiger partial charge in [0, 0.05) is 5.92 Å². The first-order chi connectivity index (χ1) is 8.00. The molecule has 0 aromatic heterocycles. The Morgan fingerprint density at radius 2 is 1.76 bits per heavy atom. The molecule has 3 saturated heterocycles. The van der Waals surface area contributed by atoms with Gasteiger partial charge in [-0.2, -0.15) is 0 Å². The molecule has 0 spiro atoms. The number of Topliss-reactive ketones (excluding diaryl/α,β-unsaturated/α-hetero) is 3. The van der Waals surface area contributed by atoms with Gasteiger partial charge in [0.05, 0.1) is 12.0 Å². The Hall–Kier alpha value is -1.03. The summed E-state index contributed by atoms with van der Waals surface area (Å²) >= 11 is 0. The van der Waals surface area contributed by atoms with E-state index in [2.05, 4.69) is 4.90 Å². The normalized spacial score (nSPS) is 31.9. The van der Waals surface area contributed by atoms with Crippen molar-refractivity contribution in [3.8, 4) is 0 Å². The van der Waals surface area contributed by atoms with Crippen molar-refractivity contribution in [2.45, 2.75) is 39.2 Å². The van der Waals surface area contributed by atoms with Crippen LogP contribution >= 0.6 is 0 Å². The minimum Gasteiger partial charge on any atom is -0.299 e. The smallest absolute Gasteiger partial charge is 0.153 e. The number of carbonyl (C=O) groups is 3. The van der Waals surface area contributed by atoms with Gasteiger partial charge in [0.2, 0.25) is 0 Å². The van der Waals surface area contributed by atoms with Gasteiger partial charge in [-0.1, -0.05) is 0 Å². The molecule has 3 rings (SSSR count). The van der Waals surface area contributed by atoms with Crippen LogP contribution in [0, 0.1) is 11.8 Å². The minimum atomic E-state index is -0.594. The molecule has 0 saturated carbocycles. The lowest BCUT2D eigenvalue weighted by atomic mass is 9.78. The summed E-state index contributed by atoms with van der Waals surface area (Å²) < 4.78 is 0. The maximum Gasteiger partial charge on any atom is 0.153 e. The van der Waals surface area contributed by atoms with Crippen LogP contribution in [-0.2, 0) is 14.4 Å². The SMILES string of the molecule is CC(=O)C(CC1C(=O)C2CCN1CC2)C(C)=O. The summed E-state index contributed by atoms with van der Waals surface area (Å²) in [6.45, 7) is 4.74. The van der Waals surface area contributed by atoms with E-state index in [0.29, 0.717) is 6.42 Å². The van der Waals surface area contributed by atoms with E-state index >= 15 is 0 Å². The van der Waals surface area contributed by atoms with Gasteiger partial charge in [0.25, 0.3) is 0 Å². The van der Waals surface area contributed by atoms with E-state index in [-0.39, 0.29) is 29.3 Å². The second kappa shape index (κ2) is 4.69. The number of piperidine rings is 3. The first-order valence-corrected chi connectivity index (χ1v) is 6.29. The molecule has 3 heterocycles. The van der Waals surface area contributed by atoms with E-state index in [4.69, 9.17) is 0 Å². The number of ketones is 3. The van der Waals surface area contributed by atoms with Crippen molar-refractivity contribution in [3.05, 3.63) is 0 Å². The van der Waals surface area contributed by atoms with Gasteiger partial charge >= 0.3 is 0 Å². The predicted octanol–water partition coefficient (Wildman–Crippen LogP) is 0.834. The van der Waals surface area contributed by atoms with Crippen LogP contribution in [0.5, 0.6) is 0 Å². The van der Waals surface area contributed by atoms with Gasteiger partial charge in [-0.05, 0) is 46.2 Å². The number of hydrogen-bond acceptors (Lipinski definition) is 4. The maximum atomic E-state index is 12.1. The van der Waals surface area contributed by atoms with Crippen LogP contribution in [-0.4, -0.2) is 41.4 Å². The third-order valence-corrected chi connectivity index (χ3v) is 4.14. The highest BCUT2D eigenvalue weighted by Crippen LogP contribution is 2.32. The Morgan fingerprint density at radius 3 is 2.18 bits per heavy atom. The second-order valence-corrected chi connectivity index (χ2v) is 5.24. The van der Waals surface area contributed by atoms with Crippen LogP contribution in [0.4, 0.5) is 0 Å². The van der Waals surface area contributed by atoms with Crippen molar-refractivity contribution in [2.24, 2.45) is 11.8 Å². The number of fused-ring (bicyclic) bond motifs is 3. The molecular weight excluding hydrogens is 218 g/mol. The highest BCUT2D eigenvalue weighted by Gasteiger charge is 2.42. The number of carbonyl (C=O) groups excluding carboxylic acids is 3. The average Bonchev–Trinajstić information content (AvgIpc) is 2.28. The fourth-order valence-corrected chi connectivity index (χ4v) is 3.05. The number of hydrogen-bond donors (Lipinski definition) is 0. The zero-order chi connectivity index (χ0) is 12.6. The molecule has 4 heteroatoms. The molecular formula is C13H19NO3. The lowest BCUT2D eigenvalue weighted by Gasteiger charge is -2.44. The molecule has 94 valence electrons. The van der Waals surface area contributed by atoms with Gasteiger partial charge in [0.1, 0.15) is 11.6 Å². The molecule has 0 radical (unpaired) electrons. The Kier molecular flexibility index (Phi) is 3.43. The quantitative estimate of drug-likeness (QED) is 0.680. The molecule has 0 N–H and O–H groups in total. The van der Waals surface area contributed by atoms with E-state index in [9.17, 15) is 14.4 Å². The van der Waals surface area contributed by atoms with Crippen molar-refractivity contribution in [2.75, 3.05) is 13.1 Å². The lowest BCUT2D eigenvalue weighted by Crippen LogP contribution is -2.56. The van der Waals surface area contributed by atoms with E-state index in [1.165, 1.54) is 13.8 Å². The molecule has 17 heavy (non-hydrogen) atoms.